The molecule has 3 N–H and O–H groups in total. The van der Waals surface area contributed by atoms with Crippen LogP contribution in [0.4, 0.5) is 24.5 Å². The Bertz CT molecular complexity index is 671. The number of carbonyl (C=O) groups excluding carboxylic acids is 1. The molecule has 0 aliphatic carbocycles. The van der Waals surface area contributed by atoms with E-state index in [1.807, 2.05) is 0 Å². The lowest BCUT2D eigenvalue weighted by atomic mass is 10.1. The molecule has 0 aliphatic rings. The van der Waals surface area contributed by atoms with E-state index in [1.165, 1.54) is 30.3 Å². The maximum Gasteiger partial charge on any atom is 0.416 e. The summed E-state index contributed by atoms with van der Waals surface area (Å²) >= 11 is 0. The van der Waals surface area contributed by atoms with E-state index >= 15 is 0 Å². The minimum absolute atomic E-state index is 0.00240. The molecule has 0 bridgehead atoms. The molecule has 4 nitrogen and oxygen atoms in total. The van der Waals surface area contributed by atoms with Crippen molar-refractivity contribution in [1.82, 2.24) is 0 Å². The molecule has 0 aromatic heterocycles. The van der Waals surface area contributed by atoms with Gasteiger partial charge in [-0.1, -0.05) is 18.2 Å². The summed E-state index contributed by atoms with van der Waals surface area (Å²) in [6.07, 6.45) is -4.53. The van der Waals surface area contributed by atoms with Gasteiger partial charge >= 0.3 is 6.18 Å². The number of anilines is 2. The average molecular weight is 296 g/mol. The van der Waals surface area contributed by atoms with Gasteiger partial charge in [0, 0.05) is 0 Å². The van der Waals surface area contributed by atoms with Crippen molar-refractivity contribution in [2.75, 3.05) is 5.06 Å². The standard InChI is InChI=1S/C14H11F3N2O2/c15-14(16,17)9-4-3-5-10(8-9)19(21)12-7-2-1-6-11(12)13(18)20/h1-8,21H,(H2,18,20). The third-order valence-corrected chi connectivity index (χ3v) is 2.82. The minimum Gasteiger partial charge on any atom is -0.366 e. The van der Waals surface area contributed by atoms with Gasteiger partial charge in [-0.05, 0) is 30.3 Å². The molecule has 21 heavy (non-hydrogen) atoms. The van der Waals surface area contributed by atoms with Gasteiger partial charge in [0.05, 0.1) is 22.5 Å². The Balaban J connectivity index is 2.46. The van der Waals surface area contributed by atoms with Crippen molar-refractivity contribution in [1.29, 1.82) is 0 Å². The highest BCUT2D eigenvalue weighted by Gasteiger charge is 2.31. The van der Waals surface area contributed by atoms with Crippen LogP contribution in [0.15, 0.2) is 48.5 Å². The Labute approximate surface area is 118 Å². The van der Waals surface area contributed by atoms with Crippen LogP contribution in [-0.2, 0) is 6.18 Å². The predicted molar refractivity (Wildman–Crippen MR) is 70.3 cm³/mol. The van der Waals surface area contributed by atoms with Crippen LogP contribution in [0.3, 0.4) is 0 Å². The number of nitrogens with two attached hydrogens (primary N) is 1. The van der Waals surface area contributed by atoms with Crippen molar-refractivity contribution < 1.29 is 23.2 Å². The molecular weight excluding hydrogens is 285 g/mol. The Morgan fingerprint density at radius 2 is 1.76 bits per heavy atom. The predicted octanol–water partition coefficient (Wildman–Crippen LogP) is 3.33. The van der Waals surface area contributed by atoms with Crippen LogP contribution >= 0.6 is 0 Å². The molecule has 2 aromatic rings. The Morgan fingerprint density at radius 1 is 1.10 bits per heavy atom. The number of alkyl halides is 3. The van der Waals surface area contributed by atoms with Crippen molar-refractivity contribution in [2.45, 2.75) is 6.18 Å². The van der Waals surface area contributed by atoms with Crippen LogP contribution in [0.5, 0.6) is 0 Å². The summed E-state index contributed by atoms with van der Waals surface area (Å²) in [5.74, 6) is -0.795. The highest BCUT2D eigenvalue weighted by Crippen LogP contribution is 2.33. The van der Waals surface area contributed by atoms with Gasteiger partial charge in [0.25, 0.3) is 5.91 Å². The molecular formula is C14H11F3N2O2. The van der Waals surface area contributed by atoms with Gasteiger partial charge in [0.1, 0.15) is 0 Å². The highest BCUT2D eigenvalue weighted by atomic mass is 19.4. The number of hydrogen-bond acceptors (Lipinski definition) is 3. The molecule has 0 unspecified atom stereocenters. The molecule has 110 valence electrons. The number of carbonyl (C=O) groups is 1. The van der Waals surface area contributed by atoms with Gasteiger partial charge in [0.15, 0.2) is 0 Å². The summed E-state index contributed by atoms with van der Waals surface area (Å²) in [6.45, 7) is 0. The fourth-order valence-corrected chi connectivity index (χ4v) is 1.82. The first kappa shape index (κ1) is 14.9. The van der Waals surface area contributed by atoms with Crippen molar-refractivity contribution in [3.8, 4) is 0 Å². The van der Waals surface area contributed by atoms with Gasteiger partial charge in [-0.25, -0.2) is 5.06 Å². The number of halogens is 3. The summed E-state index contributed by atoms with van der Waals surface area (Å²) < 4.78 is 38.0. The molecule has 7 heteroatoms. The quantitative estimate of drug-likeness (QED) is 0.854. The van der Waals surface area contributed by atoms with Crippen LogP contribution < -0.4 is 10.8 Å². The molecule has 1 amide bonds. The van der Waals surface area contributed by atoms with E-state index in [0.717, 1.165) is 18.2 Å². The van der Waals surface area contributed by atoms with Crippen molar-refractivity contribution >= 4 is 17.3 Å². The zero-order valence-corrected chi connectivity index (χ0v) is 10.6. The molecule has 0 saturated heterocycles. The number of benzene rings is 2. The fraction of sp³-hybridized carbons (Fsp3) is 0.0714. The monoisotopic (exact) mass is 296 g/mol. The number of para-hydroxylation sites is 1. The van der Waals surface area contributed by atoms with Crippen LogP contribution in [0.1, 0.15) is 15.9 Å². The first-order valence-corrected chi connectivity index (χ1v) is 5.86. The second-order valence-electron chi connectivity index (χ2n) is 4.24. The number of rotatable bonds is 3. The molecule has 0 spiro atoms. The molecule has 0 fully saturated rings. The van der Waals surface area contributed by atoms with Gasteiger partial charge in [-0.15, -0.1) is 0 Å². The Kier molecular flexibility index (Phi) is 3.86. The van der Waals surface area contributed by atoms with E-state index in [0.29, 0.717) is 5.06 Å². The van der Waals surface area contributed by atoms with E-state index in [-0.39, 0.29) is 16.9 Å². The first-order valence-electron chi connectivity index (χ1n) is 5.86. The normalized spacial score (nSPS) is 11.2. The largest absolute Gasteiger partial charge is 0.416 e. The zero-order chi connectivity index (χ0) is 15.6. The van der Waals surface area contributed by atoms with Crippen molar-refractivity contribution in [2.24, 2.45) is 5.73 Å². The van der Waals surface area contributed by atoms with Gasteiger partial charge < -0.3 is 5.73 Å². The molecule has 2 rings (SSSR count). The van der Waals surface area contributed by atoms with Crippen LogP contribution in [0.25, 0.3) is 0 Å². The van der Waals surface area contributed by atoms with Gasteiger partial charge in [-0.2, -0.15) is 13.2 Å². The zero-order valence-electron chi connectivity index (χ0n) is 10.6. The molecule has 0 heterocycles. The van der Waals surface area contributed by atoms with Crippen molar-refractivity contribution in [3.05, 3.63) is 59.7 Å². The lowest BCUT2D eigenvalue weighted by Crippen LogP contribution is -2.19. The van der Waals surface area contributed by atoms with E-state index in [1.54, 1.807) is 0 Å². The van der Waals surface area contributed by atoms with E-state index < -0.39 is 17.6 Å². The number of hydrogen-bond donors (Lipinski definition) is 2. The molecule has 0 radical (unpaired) electrons. The first-order chi connectivity index (χ1) is 9.80. The van der Waals surface area contributed by atoms with E-state index in [9.17, 15) is 23.2 Å². The van der Waals surface area contributed by atoms with Crippen LogP contribution in [0, 0.1) is 0 Å². The van der Waals surface area contributed by atoms with Crippen molar-refractivity contribution in [3.63, 3.8) is 0 Å². The lowest BCUT2D eigenvalue weighted by molar-refractivity contribution is -0.137. The Morgan fingerprint density at radius 3 is 2.38 bits per heavy atom. The number of nitrogens with zero attached hydrogens (tertiary/aromatic N) is 1. The van der Waals surface area contributed by atoms with Gasteiger partial charge in [0.2, 0.25) is 0 Å². The van der Waals surface area contributed by atoms with E-state index in [4.69, 9.17) is 5.73 Å². The maximum atomic E-state index is 12.7. The summed E-state index contributed by atoms with van der Waals surface area (Å²) in [5.41, 5.74) is 4.14. The fourth-order valence-electron chi connectivity index (χ4n) is 1.82. The molecule has 0 saturated carbocycles. The summed E-state index contributed by atoms with van der Waals surface area (Å²) in [4.78, 5) is 11.3. The van der Waals surface area contributed by atoms with E-state index in [2.05, 4.69) is 0 Å². The van der Waals surface area contributed by atoms with Crippen LogP contribution in [-0.4, -0.2) is 11.1 Å². The Hall–Kier alpha value is -2.54. The third-order valence-electron chi connectivity index (χ3n) is 2.82. The molecule has 0 aliphatic heterocycles. The lowest BCUT2D eigenvalue weighted by Gasteiger charge is -2.20. The molecule has 0 atom stereocenters. The summed E-state index contributed by atoms with van der Waals surface area (Å²) in [5, 5.41) is 10.6. The highest BCUT2D eigenvalue weighted by molar-refractivity contribution is 5.99. The minimum atomic E-state index is -4.53. The SMILES string of the molecule is NC(=O)c1ccccc1N(O)c1cccc(C(F)(F)F)c1. The second-order valence-corrected chi connectivity index (χ2v) is 4.24. The topological polar surface area (TPSA) is 66.6 Å². The second kappa shape index (κ2) is 5.45. The van der Waals surface area contributed by atoms with Gasteiger partial charge in [-0.3, -0.25) is 10.0 Å². The summed E-state index contributed by atoms with van der Waals surface area (Å²) in [6, 6.07) is 9.91. The summed E-state index contributed by atoms with van der Waals surface area (Å²) in [7, 11) is 0. The number of primary amides is 1. The molecule has 2 aromatic carbocycles. The maximum absolute atomic E-state index is 12.7. The third kappa shape index (κ3) is 3.14. The average Bonchev–Trinajstić information content (AvgIpc) is 2.45. The smallest absolute Gasteiger partial charge is 0.366 e. The number of amides is 1. The van der Waals surface area contributed by atoms with Crippen LogP contribution in [0.2, 0.25) is 0 Å².